The molecule has 7 heteroatoms. The first-order chi connectivity index (χ1) is 14.7. The van der Waals surface area contributed by atoms with Crippen LogP contribution in [-0.2, 0) is 13.0 Å². The second-order valence-corrected chi connectivity index (χ2v) is 8.47. The van der Waals surface area contributed by atoms with Crippen LogP contribution in [0.4, 0.5) is 0 Å². The molecule has 2 atom stereocenters. The molecule has 30 heavy (non-hydrogen) atoms. The molecule has 3 heterocycles. The van der Waals surface area contributed by atoms with Crippen molar-refractivity contribution in [3.63, 3.8) is 0 Å². The van der Waals surface area contributed by atoms with Gasteiger partial charge >= 0.3 is 0 Å². The highest BCUT2D eigenvalue weighted by molar-refractivity contribution is 5.80. The molecule has 0 aliphatic carbocycles. The van der Waals surface area contributed by atoms with E-state index in [0.29, 0.717) is 17.8 Å². The molecule has 1 N–H and O–H groups in total. The first-order valence-electron chi connectivity index (χ1n) is 11.3. The van der Waals surface area contributed by atoms with Crippen molar-refractivity contribution in [2.75, 3.05) is 33.2 Å². The summed E-state index contributed by atoms with van der Waals surface area (Å²) in [7, 11) is 1.89. The van der Waals surface area contributed by atoms with Gasteiger partial charge in [0.15, 0.2) is 11.8 Å². The predicted octanol–water partition coefficient (Wildman–Crippen LogP) is 2.87. The summed E-state index contributed by atoms with van der Waals surface area (Å²) in [5.74, 6) is 3.16. The normalized spacial score (nSPS) is 22.7. The van der Waals surface area contributed by atoms with E-state index in [1.165, 1.54) is 31.4 Å². The highest BCUT2D eigenvalue weighted by Crippen LogP contribution is 2.31. The summed E-state index contributed by atoms with van der Waals surface area (Å²) in [4.78, 5) is 14.0. The number of likely N-dealkylation sites (tertiary alicyclic amines) is 2. The molecule has 2 saturated heterocycles. The number of aromatic nitrogens is 2. The Morgan fingerprint density at radius 2 is 2.10 bits per heavy atom. The van der Waals surface area contributed by atoms with Gasteiger partial charge in [-0.1, -0.05) is 35.5 Å². The van der Waals surface area contributed by atoms with E-state index < -0.39 is 0 Å². The van der Waals surface area contributed by atoms with Gasteiger partial charge in [-0.2, -0.15) is 4.98 Å². The van der Waals surface area contributed by atoms with Crippen LogP contribution in [0.5, 0.6) is 0 Å². The number of piperidine rings is 2. The number of hydrogen-bond acceptors (Lipinski definition) is 5. The maximum atomic E-state index is 5.19. The predicted molar refractivity (Wildman–Crippen MR) is 118 cm³/mol. The number of rotatable bonds is 6. The molecule has 2 aromatic rings. The van der Waals surface area contributed by atoms with Gasteiger partial charge in [0.1, 0.15) is 0 Å². The molecular formula is C23H34N6O. The SMILES string of the molecule is CN=C(NCCCc1nc(C)no1)N1CCC2C(CCCN2Cc2ccccc2)C1. The molecule has 2 aliphatic heterocycles. The summed E-state index contributed by atoms with van der Waals surface area (Å²) in [6.45, 7) is 7.16. The van der Waals surface area contributed by atoms with Crippen molar-refractivity contribution in [2.24, 2.45) is 10.9 Å². The van der Waals surface area contributed by atoms with Gasteiger partial charge in [0.25, 0.3) is 0 Å². The highest BCUT2D eigenvalue weighted by atomic mass is 16.5. The molecule has 0 amide bonds. The topological polar surface area (TPSA) is 69.8 Å². The fraction of sp³-hybridized carbons (Fsp3) is 0.609. The third-order valence-electron chi connectivity index (χ3n) is 6.34. The van der Waals surface area contributed by atoms with E-state index in [-0.39, 0.29) is 0 Å². The Balaban J connectivity index is 1.27. The number of nitrogens with zero attached hydrogens (tertiary/aromatic N) is 5. The molecule has 4 rings (SSSR count). The Morgan fingerprint density at radius 3 is 2.87 bits per heavy atom. The maximum absolute atomic E-state index is 5.19. The fourth-order valence-corrected chi connectivity index (χ4v) is 4.93. The van der Waals surface area contributed by atoms with Gasteiger partial charge < -0.3 is 14.7 Å². The van der Waals surface area contributed by atoms with E-state index in [1.807, 2.05) is 14.0 Å². The van der Waals surface area contributed by atoms with E-state index in [1.54, 1.807) is 0 Å². The summed E-state index contributed by atoms with van der Waals surface area (Å²) in [6, 6.07) is 11.6. The Kier molecular flexibility index (Phi) is 7.00. The van der Waals surface area contributed by atoms with Crippen molar-refractivity contribution >= 4 is 5.96 Å². The molecule has 0 bridgehead atoms. The zero-order valence-corrected chi connectivity index (χ0v) is 18.3. The van der Waals surface area contributed by atoms with Crippen LogP contribution >= 0.6 is 0 Å². The van der Waals surface area contributed by atoms with Crippen LogP contribution in [-0.4, -0.2) is 65.2 Å². The zero-order chi connectivity index (χ0) is 20.8. The minimum absolute atomic E-state index is 0.689. The van der Waals surface area contributed by atoms with Crippen molar-refractivity contribution in [1.29, 1.82) is 0 Å². The van der Waals surface area contributed by atoms with E-state index >= 15 is 0 Å². The fourth-order valence-electron chi connectivity index (χ4n) is 4.93. The Bertz CT molecular complexity index is 820. The third-order valence-corrected chi connectivity index (χ3v) is 6.34. The van der Waals surface area contributed by atoms with E-state index in [4.69, 9.17) is 4.52 Å². The van der Waals surface area contributed by atoms with Crippen LogP contribution in [0.15, 0.2) is 39.8 Å². The van der Waals surface area contributed by atoms with E-state index in [0.717, 1.165) is 50.9 Å². The summed E-state index contributed by atoms with van der Waals surface area (Å²) in [5, 5.41) is 7.38. The van der Waals surface area contributed by atoms with Crippen molar-refractivity contribution < 1.29 is 4.52 Å². The smallest absolute Gasteiger partial charge is 0.226 e. The van der Waals surface area contributed by atoms with E-state index in [9.17, 15) is 0 Å². The van der Waals surface area contributed by atoms with Crippen molar-refractivity contribution in [3.8, 4) is 0 Å². The zero-order valence-electron chi connectivity index (χ0n) is 18.3. The van der Waals surface area contributed by atoms with Crippen LogP contribution in [0.3, 0.4) is 0 Å². The van der Waals surface area contributed by atoms with Gasteiger partial charge in [-0.3, -0.25) is 9.89 Å². The molecule has 2 fully saturated rings. The summed E-state index contributed by atoms with van der Waals surface area (Å²) in [6.07, 6.45) is 5.56. The van der Waals surface area contributed by atoms with Gasteiger partial charge in [0, 0.05) is 45.7 Å². The molecule has 1 aromatic heterocycles. The Labute approximate surface area is 179 Å². The van der Waals surface area contributed by atoms with Crippen LogP contribution in [0.1, 0.15) is 43.0 Å². The average Bonchev–Trinajstić information content (AvgIpc) is 3.19. The standard InChI is InChI=1S/C23H34N6O/c1-18-26-22(30-27-18)11-6-13-25-23(24-2)29-15-12-21-20(17-29)10-7-14-28(21)16-19-8-4-3-5-9-19/h3-5,8-9,20-21H,6-7,10-17H2,1-2H3,(H,24,25). The number of aliphatic imine (C=N–C) groups is 1. The quantitative estimate of drug-likeness (QED) is 0.449. The second kappa shape index (κ2) is 10.1. The summed E-state index contributed by atoms with van der Waals surface area (Å²) < 4.78 is 5.19. The maximum Gasteiger partial charge on any atom is 0.226 e. The van der Waals surface area contributed by atoms with Crippen LogP contribution in [0.2, 0.25) is 0 Å². The van der Waals surface area contributed by atoms with E-state index in [2.05, 4.69) is 60.6 Å². The second-order valence-electron chi connectivity index (χ2n) is 8.47. The van der Waals surface area contributed by atoms with Crippen molar-refractivity contribution in [3.05, 3.63) is 47.6 Å². The highest BCUT2D eigenvalue weighted by Gasteiger charge is 2.36. The van der Waals surface area contributed by atoms with Gasteiger partial charge in [0.05, 0.1) is 0 Å². The van der Waals surface area contributed by atoms with Gasteiger partial charge in [-0.05, 0) is 50.6 Å². The molecule has 1 aromatic carbocycles. The minimum atomic E-state index is 0.689. The molecule has 0 saturated carbocycles. The number of fused-ring (bicyclic) bond motifs is 1. The van der Waals surface area contributed by atoms with Crippen LogP contribution in [0.25, 0.3) is 0 Å². The third kappa shape index (κ3) is 5.19. The molecule has 2 unspecified atom stereocenters. The average molecular weight is 411 g/mol. The van der Waals surface area contributed by atoms with Gasteiger partial charge in [-0.25, -0.2) is 0 Å². The van der Waals surface area contributed by atoms with Crippen molar-refractivity contribution in [2.45, 2.75) is 51.6 Å². The number of benzene rings is 1. The van der Waals surface area contributed by atoms with Crippen LogP contribution in [0, 0.1) is 12.8 Å². The molecule has 162 valence electrons. The lowest BCUT2D eigenvalue weighted by Crippen LogP contribution is -2.56. The number of hydrogen-bond donors (Lipinski definition) is 1. The van der Waals surface area contributed by atoms with Gasteiger partial charge in [0.2, 0.25) is 5.89 Å². The summed E-state index contributed by atoms with van der Waals surface area (Å²) in [5.41, 5.74) is 1.43. The molecule has 0 spiro atoms. The Morgan fingerprint density at radius 1 is 1.23 bits per heavy atom. The molecule has 2 aliphatic rings. The molecule has 0 radical (unpaired) electrons. The minimum Gasteiger partial charge on any atom is -0.356 e. The largest absolute Gasteiger partial charge is 0.356 e. The van der Waals surface area contributed by atoms with Crippen molar-refractivity contribution in [1.82, 2.24) is 25.3 Å². The Hall–Kier alpha value is -2.41. The first-order valence-corrected chi connectivity index (χ1v) is 11.3. The lowest BCUT2D eigenvalue weighted by molar-refractivity contribution is 0.0372. The van der Waals surface area contributed by atoms with Gasteiger partial charge in [-0.15, -0.1) is 0 Å². The summed E-state index contributed by atoms with van der Waals surface area (Å²) >= 11 is 0. The number of guanidine groups is 1. The number of nitrogens with one attached hydrogen (secondary N) is 1. The molecular weight excluding hydrogens is 376 g/mol. The number of aryl methyl sites for hydroxylation is 2. The molecule has 7 nitrogen and oxygen atoms in total. The monoisotopic (exact) mass is 410 g/mol. The lowest BCUT2D eigenvalue weighted by atomic mass is 9.83. The van der Waals surface area contributed by atoms with Crippen LogP contribution < -0.4 is 5.32 Å². The lowest BCUT2D eigenvalue weighted by Gasteiger charge is -2.48. The first kappa shape index (κ1) is 20.8.